The maximum absolute atomic E-state index is 17.3. The number of ether oxygens (including phenoxy) is 2. The minimum Gasteiger partial charge on any atom is -0.457 e. The predicted molar refractivity (Wildman–Crippen MR) is 334 cm³/mol. The SMILES string of the molecule is C=Cc1ccc(Oc2ccc(C3(c4c(F)c(F)c(F)c(F)c4F)c4ccccc4-c4ccc(N(c5ccc(-c6ccc(F)cc6)cc5)c5ccc6c(c5)C(c5ccc(Oc7ccc(C=C)cc7)cc5)(c5c(F)c(F)c(F)c(F)c5F)c5ccccc5-6)cc43)cc2)cc1. The number of hydrogen-bond donors (Lipinski definition) is 0. The average Bonchev–Trinajstić information content (AvgIpc) is 1.50. The van der Waals surface area contributed by atoms with Gasteiger partial charge in [0.1, 0.15) is 28.8 Å². The van der Waals surface area contributed by atoms with Gasteiger partial charge in [0.25, 0.3) is 0 Å². The van der Waals surface area contributed by atoms with Crippen LogP contribution in [-0.4, -0.2) is 0 Å². The summed E-state index contributed by atoms with van der Waals surface area (Å²) in [5.41, 5.74) is -1.59. The Morgan fingerprint density at radius 3 is 0.957 bits per heavy atom. The minimum atomic E-state index is -2.37. The Balaban J connectivity index is 1.02. The lowest BCUT2D eigenvalue weighted by atomic mass is 9.67. The van der Waals surface area contributed by atoms with Gasteiger partial charge in [0, 0.05) is 28.2 Å². The Labute approximate surface area is 520 Å². The number of benzene rings is 12. The quantitative estimate of drug-likeness (QED) is 0.0615. The molecule has 0 fully saturated rings. The number of halogens is 11. The van der Waals surface area contributed by atoms with Crippen molar-refractivity contribution in [3.05, 3.63) is 363 Å². The Morgan fingerprint density at radius 2 is 0.598 bits per heavy atom. The van der Waals surface area contributed by atoms with Gasteiger partial charge in [-0.2, -0.15) is 0 Å². The third-order valence-corrected chi connectivity index (χ3v) is 17.3. The molecule has 0 saturated heterocycles. The molecule has 92 heavy (non-hydrogen) atoms. The highest BCUT2D eigenvalue weighted by atomic mass is 19.2. The van der Waals surface area contributed by atoms with Gasteiger partial charge < -0.3 is 14.4 Å². The fourth-order valence-corrected chi connectivity index (χ4v) is 13.2. The normalized spacial score (nSPS) is 15.1. The van der Waals surface area contributed by atoms with E-state index in [1.165, 1.54) is 60.7 Å². The first-order chi connectivity index (χ1) is 44.6. The molecule has 0 N–H and O–H groups in total. The van der Waals surface area contributed by atoms with Gasteiger partial charge in [-0.05, 0) is 175 Å². The van der Waals surface area contributed by atoms with Crippen LogP contribution in [0.4, 0.5) is 65.4 Å². The van der Waals surface area contributed by atoms with Crippen molar-refractivity contribution >= 4 is 29.2 Å². The van der Waals surface area contributed by atoms with Gasteiger partial charge in [-0.3, -0.25) is 0 Å². The molecule has 0 saturated carbocycles. The molecule has 3 nitrogen and oxygen atoms in total. The van der Waals surface area contributed by atoms with Crippen molar-refractivity contribution in [1.29, 1.82) is 0 Å². The molecular weight excluding hydrogens is 1190 g/mol. The Bertz CT molecular complexity index is 4630. The summed E-state index contributed by atoms with van der Waals surface area (Å²) < 4.78 is 191. The van der Waals surface area contributed by atoms with E-state index in [-0.39, 0.29) is 56.3 Å². The average molecular weight is 1240 g/mol. The fourth-order valence-electron chi connectivity index (χ4n) is 13.2. The fraction of sp³-hybridized carbons (Fsp3) is 0.0256. The molecule has 2 unspecified atom stereocenters. The highest BCUT2D eigenvalue weighted by Gasteiger charge is 2.53. The summed E-state index contributed by atoms with van der Waals surface area (Å²) in [5.74, 6) is -21.1. The summed E-state index contributed by atoms with van der Waals surface area (Å²) in [5, 5.41) is 0. The molecule has 12 aromatic carbocycles. The van der Waals surface area contributed by atoms with E-state index in [1.807, 2.05) is 0 Å². The van der Waals surface area contributed by atoms with E-state index in [4.69, 9.17) is 9.47 Å². The Hall–Kier alpha value is -11.3. The van der Waals surface area contributed by atoms with Crippen LogP contribution in [-0.2, 0) is 10.8 Å². The summed E-state index contributed by atoms with van der Waals surface area (Å²) in [6.45, 7) is 7.57. The van der Waals surface area contributed by atoms with Crippen molar-refractivity contribution in [3.63, 3.8) is 0 Å². The molecule has 0 bridgehead atoms. The standard InChI is InChI=1S/C78H44F11NO2/c1-3-43-13-31-53(32-14-43)91-55-35-21-47(22-36-55)77(65-67(80)71(84)75(88)72(85)68(65)81)61-11-7-5-9-57(61)59-39-29-51(41-63(59)77)90(50-27-19-46(20-28-50)45-17-25-49(79)26-18-45)52-30-40-60-58-10-6-8-12-62(58)78(64(60)42-52,66-69(82)73(86)76(89)74(87)70(66)83)48-23-37-56(38-24-48)92-54-33-15-44(4-2)16-34-54/h3-42H,1-2H2. The monoisotopic (exact) mass is 1240 g/mol. The molecule has 12 aromatic rings. The molecule has 0 radical (unpaired) electrons. The smallest absolute Gasteiger partial charge is 0.200 e. The lowest BCUT2D eigenvalue weighted by molar-refractivity contribution is 0.363. The molecule has 2 aliphatic carbocycles. The van der Waals surface area contributed by atoms with Crippen LogP contribution in [0.15, 0.2) is 244 Å². The third kappa shape index (κ3) is 9.10. The van der Waals surface area contributed by atoms with Crippen LogP contribution in [0.2, 0.25) is 0 Å². The van der Waals surface area contributed by atoms with Crippen molar-refractivity contribution in [3.8, 4) is 56.4 Å². The number of hydrogen-bond acceptors (Lipinski definition) is 3. The van der Waals surface area contributed by atoms with Gasteiger partial charge >= 0.3 is 0 Å². The van der Waals surface area contributed by atoms with Crippen LogP contribution in [0.25, 0.3) is 45.5 Å². The third-order valence-electron chi connectivity index (χ3n) is 17.3. The van der Waals surface area contributed by atoms with Gasteiger partial charge in [-0.15, -0.1) is 0 Å². The van der Waals surface area contributed by atoms with Crippen LogP contribution in [0.3, 0.4) is 0 Å². The molecule has 14 heteroatoms. The van der Waals surface area contributed by atoms with E-state index in [9.17, 15) is 4.39 Å². The summed E-state index contributed by atoms with van der Waals surface area (Å²) in [4.78, 5) is 1.66. The first kappa shape index (κ1) is 58.4. The van der Waals surface area contributed by atoms with Crippen LogP contribution in [0.1, 0.15) is 55.6 Å². The van der Waals surface area contributed by atoms with Crippen molar-refractivity contribution in [1.82, 2.24) is 0 Å². The topological polar surface area (TPSA) is 21.7 Å². The second-order valence-corrected chi connectivity index (χ2v) is 22.1. The highest BCUT2D eigenvalue weighted by Crippen LogP contribution is 2.61. The molecule has 0 spiro atoms. The molecule has 2 aliphatic rings. The predicted octanol–water partition coefficient (Wildman–Crippen LogP) is 22.0. The van der Waals surface area contributed by atoms with Gasteiger partial charge in [0.15, 0.2) is 46.5 Å². The number of fused-ring (bicyclic) bond motifs is 6. The summed E-state index contributed by atoms with van der Waals surface area (Å²) in [6.07, 6.45) is 3.30. The van der Waals surface area contributed by atoms with Crippen molar-refractivity contribution in [2.45, 2.75) is 10.8 Å². The summed E-state index contributed by atoms with van der Waals surface area (Å²) in [7, 11) is 0. The van der Waals surface area contributed by atoms with Gasteiger partial charge in [0.2, 0.25) is 11.6 Å². The molecule has 0 heterocycles. The maximum atomic E-state index is 17.3. The van der Waals surface area contributed by atoms with E-state index >= 15 is 43.9 Å². The molecule has 0 aliphatic heterocycles. The number of rotatable bonds is 14. The van der Waals surface area contributed by atoms with E-state index < -0.39 is 85.9 Å². The first-order valence-corrected chi connectivity index (χ1v) is 28.8. The van der Waals surface area contributed by atoms with Crippen LogP contribution < -0.4 is 14.4 Å². The minimum absolute atomic E-state index is 0.0456. The Morgan fingerprint density at radius 1 is 0.293 bits per heavy atom. The molecule has 2 atom stereocenters. The maximum Gasteiger partial charge on any atom is 0.200 e. The van der Waals surface area contributed by atoms with E-state index in [1.54, 1.807) is 187 Å². The van der Waals surface area contributed by atoms with E-state index in [0.717, 1.165) is 11.1 Å². The molecule has 14 rings (SSSR count). The highest BCUT2D eigenvalue weighted by molar-refractivity contribution is 5.93. The summed E-state index contributed by atoms with van der Waals surface area (Å²) >= 11 is 0. The second-order valence-electron chi connectivity index (χ2n) is 22.1. The Kier molecular flexibility index (Phi) is 14.4. The first-order valence-electron chi connectivity index (χ1n) is 28.8. The van der Waals surface area contributed by atoms with Crippen LogP contribution in [0.5, 0.6) is 23.0 Å². The molecule has 0 aromatic heterocycles. The number of anilines is 3. The zero-order valence-electron chi connectivity index (χ0n) is 47.9. The zero-order chi connectivity index (χ0) is 63.9. The number of nitrogens with zero attached hydrogens (tertiary/aromatic N) is 1. The van der Waals surface area contributed by atoms with Gasteiger partial charge in [-0.25, -0.2) is 48.3 Å². The molecule has 0 amide bonds. The molecule has 450 valence electrons. The van der Waals surface area contributed by atoms with Crippen LogP contribution in [0, 0.1) is 64.0 Å². The second kappa shape index (κ2) is 22.7. The summed E-state index contributed by atoms with van der Waals surface area (Å²) in [6, 6.07) is 61.0. The zero-order valence-corrected chi connectivity index (χ0v) is 47.9. The van der Waals surface area contributed by atoms with Gasteiger partial charge in [-0.1, -0.05) is 159 Å². The lowest BCUT2D eigenvalue weighted by Gasteiger charge is -2.36. The van der Waals surface area contributed by atoms with E-state index in [0.29, 0.717) is 50.6 Å². The van der Waals surface area contributed by atoms with Crippen molar-refractivity contribution < 1.29 is 57.8 Å². The molecular formula is C78H44F11NO2. The van der Waals surface area contributed by atoms with Crippen molar-refractivity contribution in [2.24, 2.45) is 0 Å². The van der Waals surface area contributed by atoms with Crippen molar-refractivity contribution in [2.75, 3.05) is 4.90 Å². The van der Waals surface area contributed by atoms with Gasteiger partial charge in [0.05, 0.1) is 10.8 Å². The van der Waals surface area contributed by atoms with E-state index in [2.05, 4.69) is 13.2 Å². The largest absolute Gasteiger partial charge is 0.457 e. The lowest BCUT2D eigenvalue weighted by Crippen LogP contribution is -2.33. The van der Waals surface area contributed by atoms with Crippen LogP contribution >= 0.6 is 0 Å².